The van der Waals surface area contributed by atoms with Crippen LogP contribution in [0.2, 0.25) is 0 Å². The number of benzene rings is 1. The molecule has 5 rings (SSSR count). The van der Waals surface area contributed by atoms with Gasteiger partial charge in [-0.05, 0) is 49.9 Å². The van der Waals surface area contributed by atoms with Crippen molar-refractivity contribution in [3.8, 4) is 0 Å². The molecule has 0 unspecified atom stereocenters. The number of piperidine rings is 2. The van der Waals surface area contributed by atoms with Crippen molar-refractivity contribution in [3.05, 3.63) is 29.8 Å². The summed E-state index contributed by atoms with van der Waals surface area (Å²) >= 11 is 0. The standard InChI is InChI=1S/C23H29F3N4O6S/c24-23(25,26)15-1-3-17(4-2-15)37(33,34)28-16-11-22(36-13-16)6-9-29(10-7-22)21(32)30-8-5-19-18(12-30)27-20(31)14-35-19/h1-4,16,18-19,28H,5-14H2,(H,27,31)/t16-,18-,19+/m1/s1. The van der Waals surface area contributed by atoms with Crippen LogP contribution in [0.25, 0.3) is 0 Å². The normalized spacial score (nSPS) is 28.2. The van der Waals surface area contributed by atoms with Crippen LogP contribution < -0.4 is 10.0 Å². The van der Waals surface area contributed by atoms with Gasteiger partial charge in [0.25, 0.3) is 0 Å². The molecule has 14 heteroatoms. The molecule has 4 heterocycles. The second-order valence-electron chi connectivity index (χ2n) is 10.1. The Balaban J connectivity index is 1.13. The minimum absolute atomic E-state index is 0.0464. The summed E-state index contributed by atoms with van der Waals surface area (Å²) < 4.78 is 77.9. The van der Waals surface area contributed by atoms with E-state index in [1.807, 2.05) is 0 Å². The fourth-order valence-electron chi connectivity index (χ4n) is 5.56. The van der Waals surface area contributed by atoms with Crippen LogP contribution in [-0.2, 0) is 30.5 Å². The largest absolute Gasteiger partial charge is 0.416 e. The molecule has 37 heavy (non-hydrogen) atoms. The van der Waals surface area contributed by atoms with Crippen molar-refractivity contribution < 1.29 is 40.7 Å². The molecule has 0 bridgehead atoms. The number of fused-ring (bicyclic) bond motifs is 1. The molecule has 0 saturated carbocycles. The molecule has 4 aliphatic heterocycles. The third-order valence-corrected chi connectivity index (χ3v) is 9.10. The number of hydrogen-bond acceptors (Lipinski definition) is 6. The van der Waals surface area contributed by atoms with Crippen LogP contribution in [-0.4, -0.2) is 93.3 Å². The second-order valence-corrected chi connectivity index (χ2v) is 11.8. The summed E-state index contributed by atoms with van der Waals surface area (Å²) in [6.45, 7) is 2.02. The predicted octanol–water partition coefficient (Wildman–Crippen LogP) is 1.32. The van der Waals surface area contributed by atoms with Crippen LogP contribution in [0.3, 0.4) is 0 Å². The third kappa shape index (κ3) is 5.56. The summed E-state index contributed by atoms with van der Waals surface area (Å²) in [5.74, 6) is -0.183. The zero-order valence-corrected chi connectivity index (χ0v) is 20.8. The van der Waals surface area contributed by atoms with Crippen LogP contribution >= 0.6 is 0 Å². The highest BCUT2D eigenvalue weighted by atomic mass is 32.2. The number of morpholine rings is 1. The number of carbonyl (C=O) groups is 2. The average Bonchev–Trinajstić information content (AvgIpc) is 3.24. The quantitative estimate of drug-likeness (QED) is 0.591. The molecule has 0 aliphatic carbocycles. The van der Waals surface area contributed by atoms with E-state index in [0.29, 0.717) is 51.9 Å². The highest BCUT2D eigenvalue weighted by molar-refractivity contribution is 7.89. The highest BCUT2D eigenvalue weighted by Gasteiger charge is 2.46. The second kappa shape index (κ2) is 9.71. The Bertz CT molecular complexity index is 1140. The Kier molecular flexibility index (Phi) is 6.88. The molecule has 3 amide bonds. The van der Waals surface area contributed by atoms with E-state index in [1.54, 1.807) is 9.80 Å². The lowest BCUT2D eigenvalue weighted by Gasteiger charge is -2.44. The zero-order chi connectivity index (χ0) is 26.4. The van der Waals surface area contributed by atoms with E-state index in [-0.39, 0.29) is 42.2 Å². The molecule has 4 fully saturated rings. The number of sulfonamides is 1. The fraction of sp³-hybridized carbons (Fsp3) is 0.652. The SMILES string of the molecule is O=C1CO[C@H]2CCN(C(=O)N3CCC4(CC3)C[C@@H](NS(=O)(=O)c3ccc(C(F)(F)F)cc3)CO4)C[C@H]2N1. The van der Waals surface area contributed by atoms with Crippen LogP contribution in [0, 0.1) is 0 Å². The number of urea groups is 1. The number of nitrogens with one attached hydrogen (secondary N) is 2. The first kappa shape index (κ1) is 26.2. The van der Waals surface area contributed by atoms with E-state index in [0.717, 1.165) is 24.3 Å². The lowest BCUT2D eigenvalue weighted by atomic mass is 9.87. The average molecular weight is 547 g/mol. The van der Waals surface area contributed by atoms with Gasteiger partial charge >= 0.3 is 12.2 Å². The Hall–Kier alpha value is -2.42. The maximum absolute atomic E-state index is 13.1. The fourth-order valence-corrected chi connectivity index (χ4v) is 6.78. The summed E-state index contributed by atoms with van der Waals surface area (Å²) in [5.41, 5.74) is -1.49. The van der Waals surface area contributed by atoms with Gasteiger partial charge in [0.05, 0.1) is 34.8 Å². The van der Waals surface area contributed by atoms with E-state index in [4.69, 9.17) is 9.47 Å². The predicted molar refractivity (Wildman–Crippen MR) is 123 cm³/mol. The van der Waals surface area contributed by atoms with Crippen molar-refractivity contribution >= 4 is 22.0 Å². The summed E-state index contributed by atoms with van der Waals surface area (Å²) in [7, 11) is -4.02. The topological polar surface area (TPSA) is 117 Å². The maximum atomic E-state index is 13.1. The van der Waals surface area contributed by atoms with Gasteiger partial charge in [0.15, 0.2) is 0 Å². The maximum Gasteiger partial charge on any atom is 0.416 e. The molecular formula is C23H29F3N4O6S. The minimum atomic E-state index is -4.55. The summed E-state index contributed by atoms with van der Waals surface area (Å²) in [6, 6.07) is 2.51. The number of ether oxygens (including phenoxy) is 2. The van der Waals surface area contributed by atoms with Gasteiger partial charge in [0.2, 0.25) is 15.9 Å². The Labute approximate surface area is 212 Å². The first-order valence-corrected chi connectivity index (χ1v) is 13.7. The zero-order valence-electron chi connectivity index (χ0n) is 20.0. The molecule has 2 N–H and O–H groups in total. The van der Waals surface area contributed by atoms with Crippen LogP contribution in [0.15, 0.2) is 29.2 Å². The lowest BCUT2D eigenvalue weighted by Crippen LogP contribution is -2.63. The smallest absolute Gasteiger partial charge is 0.373 e. The van der Waals surface area contributed by atoms with Gasteiger partial charge < -0.3 is 24.6 Å². The number of rotatable bonds is 3. The molecule has 0 radical (unpaired) electrons. The molecule has 3 atom stereocenters. The first-order chi connectivity index (χ1) is 17.4. The number of carbonyl (C=O) groups excluding carboxylic acids is 2. The van der Waals surface area contributed by atoms with Gasteiger partial charge in [0.1, 0.15) is 6.61 Å². The van der Waals surface area contributed by atoms with Gasteiger partial charge in [0, 0.05) is 32.2 Å². The monoisotopic (exact) mass is 546 g/mol. The van der Waals surface area contributed by atoms with Crippen molar-refractivity contribution in [2.24, 2.45) is 0 Å². The lowest BCUT2D eigenvalue weighted by molar-refractivity contribution is -0.140. The Morgan fingerprint density at radius 1 is 1.11 bits per heavy atom. The minimum Gasteiger partial charge on any atom is -0.373 e. The molecule has 1 aromatic rings. The number of likely N-dealkylation sites (tertiary alicyclic amines) is 2. The number of halogens is 3. The molecule has 204 valence electrons. The molecule has 10 nitrogen and oxygen atoms in total. The van der Waals surface area contributed by atoms with E-state index >= 15 is 0 Å². The molecular weight excluding hydrogens is 517 g/mol. The molecule has 4 aliphatic rings. The highest BCUT2D eigenvalue weighted by Crippen LogP contribution is 2.37. The van der Waals surface area contributed by atoms with Gasteiger partial charge in [-0.25, -0.2) is 17.9 Å². The van der Waals surface area contributed by atoms with Gasteiger partial charge in [-0.15, -0.1) is 0 Å². The summed E-state index contributed by atoms with van der Waals surface area (Å²) in [6.07, 6.45) is -2.49. The van der Waals surface area contributed by atoms with E-state index in [2.05, 4.69) is 10.0 Å². The number of hydrogen-bond donors (Lipinski definition) is 2. The van der Waals surface area contributed by atoms with Crippen LogP contribution in [0.4, 0.5) is 18.0 Å². The number of alkyl halides is 3. The molecule has 4 saturated heterocycles. The third-order valence-electron chi connectivity index (χ3n) is 7.56. The van der Waals surface area contributed by atoms with Crippen molar-refractivity contribution in [2.45, 2.75) is 60.5 Å². The van der Waals surface area contributed by atoms with Crippen molar-refractivity contribution in [2.75, 3.05) is 39.4 Å². The number of amides is 3. The molecule has 0 aromatic heterocycles. The Morgan fingerprint density at radius 3 is 2.49 bits per heavy atom. The van der Waals surface area contributed by atoms with Crippen molar-refractivity contribution in [1.29, 1.82) is 0 Å². The van der Waals surface area contributed by atoms with Crippen molar-refractivity contribution in [1.82, 2.24) is 19.8 Å². The van der Waals surface area contributed by atoms with Crippen LogP contribution in [0.1, 0.15) is 31.2 Å². The first-order valence-electron chi connectivity index (χ1n) is 12.2. The summed E-state index contributed by atoms with van der Waals surface area (Å²) in [5, 5.41) is 2.89. The van der Waals surface area contributed by atoms with Gasteiger partial charge in [-0.3, -0.25) is 4.79 Å². The number of nitrogens with zero attached hydrogens (tertiary/aromatic N) is 2. The van der Waals surface area contributed by atoms with Gasteiger partial charge in [-0.2, -0.15) is 13.2 Å². The van der Waals surface area contributed by atoms with E-state index in [1.165, 1.54) is 0 Å². The summed E-state index contributed by atoms with van der Waals surface area (Å²) in [4.78, 5) is 28.0. The van der Waals surface area contributed by atoms with Crippen molar-refractivity contribution in [3.63, 3.8) is 0 Å². The van der Waals surface area contributed by atoms with E-state index in [9.17, 15) is 31.2 Å². The molecule has 1 aromatic carbocycles. The van der Waals surface area contributed by atoms with Gasteiger partial charge in [-0.1, -0.05) is 0 Å². The van der Waals surface area contributed by atoms with Crippen LogP contribution in [0.5, 0.6) is 0 Å². The Morgan fingerprint density at radius 2 is 1.81 bits per heavy atom. The van der Waals surface area contributed by atoms with E-state index < -0.39 is 33.4 Å². The molecule has 1 spiro atoms.